The van der Waals surface area contributed by atoms with E-state index >= 15 is 0 Å². The molecular formula is C18H17NO5. The fourth-order valence-corrected chi connectivity index (χ4v) is 2.64. The summed E-state index contributed by atoms with van der Waals surface area (Å²) in [5, 5.41) is 12.0. The third-order valence-electron chi connectivity index (χ3n) is 3.90. The normalized spacial score (nSPS) is 12.2. The summed E-state index contributed by atoms with van der Waals surface area (Å²) in [7, 11) is 1.42. The maximum absolute atomic E-state index is 12.3. The van der Waals surface area contributed by atoms with Crippen molar-refractivity contribution in [3.63, 3.8) is 0 Å². The highest BCUT2D eigenvalue weighted by molar-refractivity contribution is 5.94. The van der Waals surface area contributed by atoms with Crippen LogP contribution in [0.2, 0.25) is 0 Å². The van der Waals surface area contributed by atoms with Crippen molar-refractivity contribution < 1.29 is 24.2 Å². The molecule has 6 nitrogen and oxygen atoms in total. The van der Waals surface area contributed by atoms with E-state index in [0.717, 1.165) is 17.7 Å². The number of carbonyl (C=O) groups excluding carboxylic acids is 1. The fourth-order valence-electron chi connectivity index (χ4n) is 2.64. The standard InChI is InChI=1S/C18H17NO5/c1-23-16-4-2-11(8-14(16)18(21)22)10-19-17(20)13-3-5-15-12(9-13)6-7-24-15/h2-5,8-9H,6-7,10H2,1H3,(H,19,20)(H,21,22). The van der Waals surface area contributed by atoms with Crippen LogP contribution in [-0.2, 0) is 13.0 Å². The first-order valence-electron chi connectivity index (χ1n) is 7.52. The largest absolute Gasteiger partial charge is 0.496 e. The van der Waals surface area contributed by atoms with Gasteiger partial charge in [-0.3, -0.25) is 4.79 Å². The molecule has 1 heterocycles. The molecule has 0 aliphatic carbocycles. The van der Waals surface area contributed by atoms with Gasteiger partial charge in [0.05, 0.1) is 13.7 Å². The second kappa shape index (κ2) is 6.62. The first-order chi connectivity index (χ1) is 11.6. The van der Waals surface area contributed by atoms with Crippen molar-refractivity contribution in [1.29, 1.82) is 0 Å². The number of nitrogens with one attached hydrogen (secondary N) is 1. The van der Waals surface area contributed by atoms with Crippen LogP contribution in [0.3, 0.4) is 0 Å². The fraction of sp³-hybridized carbons (Fsp3) is 0.222. The number of aromatic carboxylic acids is 1. The minimum atomic E-state index is -1.07. The van der Waals surface area contributed by atoms with Crippen molar-refractivity contribution in [1.82, 2.24) is 5.32 Å². The van der Waals surface area contributed by atoms with Crippen LogP contribution in [0.15, 0.2) is 36.4 Å². The molecule has 0 atom stereocenters. The van der Waals surface area contributed by atoms with Gasteiger partial charge in [0.2, 0.25) is 0 Å². The Hall–Kier alpha value is -3.02. The van der Waals surface area contributed by atoms with Crippen molar-refractivity contribution in [3.8, 4) is 11.5 Å². The second-order valence-electron chi connectivity index (χ2n) is 5.44. The molecule has 0 bridgehead atoms. The van der Waals surface area contributed by atoms with Crippen LogP contribution in [0.5, 0.6) is 11.5 Å². The number of carbonyl (C=O) groups is 2. The molecule has 24 heavy (non-hydrogen) atoms. The first-order valence-corrected chi connectivity index (χ1v) is 7.52. The van der Waals surface area contributed by atoms with Crippen LogP contribution in [-0.4, -0.2) is 30.7 Å². The van der Waals surface area contributed by atoms with Crippen molar-refractivity contribution >= 4 is 11.9 Å². The van der Waals surface area contributed by atoms with E-state index in [0.29, 0.717) is 17.7 Å². The van der Waals surface area contributed by atoms with Crippen LogP contribution in [0.25, 0.3) is 0 Å². The van der Waals surface area contributed by atoms with Crippen LogP contribution in [0.1, 0.15) is 31.8 Å². The van der Waals surface area contributed by atoms with Gasteiger partial charge in [0.1, 0.15) is 17.1 Å². The van der Waals surface area contributed by atoms with Gasteiger partial charge >= 0.3 is 5.97 Å². The Morgan fingerprint density at radius 3 is 2.83 bits per heavy atom. The quantitative estimate of drug-likeness (QED) is 0.880. The first kappa shape index (κ1) is 15.9. The molecule has 0 unspecified atom stereocenters. The number of carboxylic acid groups (broad SMARTS) is 1. The molecule has 1 aliphatic rings. The highest BCUT2D eigenvalue weighted by Crippen LogP contribution is 2.26. The molecule has 0 radical (unpaired) electrons. The molecule has 0 spiro atoms. The summed E-state index contributed by atoms with van der Waals surface area (Å²) in [6.45, 7) is 0.876. The molecule has 1 aliphatic heterocycles. The van der Waals surface area contributed by atoms with Crippen LogP contribution in [0.4, 0.5) is 0 Å². The van der Waals surface area contributed by atoms with E-state index in [1.165, 1.54) is 13.2 Å². The number of benzene rings is 2. The van der Waals surface area contributed by atoms with Gasteiger partial charge in [-0.2, -0.15) is 0 Å². The summed E-state index contributed by atoms with van der Waals surface area (Å²) in [5.41, 5.74) is 2.34. The van der Waals surface area contributed by atoms with E-state index in [9.17, 15) is 14.7 Å². The molecule has 124 valence electrons. The highest BCUT2D eigenvalue weighted by Gasteiger charge is 2.15. The molecule has 0 fully saturated rings. The Kier molecular flexibility index (Phi) is 4.37. The smallest absolute Gasteiger partial charge is 0.339 e. The average Bonchev–Trinajstić information content (AvgIpc) is 3.06. The zero-order valence-corrected chi connectivity index (χ0v) is 13.2. The molecule has 2 aromatic rings. The van der Waals surface area contributed by atoms with Gasteiger partial charge in [0, 0.05) is 18.5 Å². The maximum Gasteiger partial charge on any atom is 0.339 e. The SMILES string of the molecule is COc1ccc(CNC(=O)c2ccc3c(c2)CCO3)cc1C(=O)O. The molecule has 0 saturated carbocycles. The lowest BCUT2D eigenvalue weighted by molar-refractivity contribution is 0.0693. The molecule has 2 N–H and O–H groups in total. The number of hydrogen-bond acceptors (Lipinski definition) is 4. The molecule has 0 aromatic heterocycles. The lowest BCUT2D eigenvalue weighted by atomic mass is 10.1. The number of amides is 1. The van der Waals surface area contributed by atoms with Crippen LogP contribution in [0, 0.1) is 0 Å². The number of ether oxygens (including phenoxy) is 2. The number of carboxylic acids is 1. The van der Waals surface area contributed by atoms with Gasteiger partial charge in [0.25, 0.3) is 5.91 Å². The average molecular weight is 327 g/mol. The minimum absolute atomic E-state index is 0.0685. The van der Waals surface area contributed by atoms with Crippen molar-refractivity contribution in [3.05, 3.63) is 58.7 Å². The number of rotatable bonds is 5. The van der Waals surface area contributed by atoms with Crippen molar-refractivity contribution in [2.24, 2.45) is 0 Å². The predicted molar refractivity (Wildman–Crippen MR) is 86.8 cm³/mol. The zero-order chi connectivity index (χ0) is 17.1. The second-order valence-corrected chi connectivity index (χ2v) is 5.44. The third-order valence-corrected chi connectivity index (χ3v) is 3.90. The van der Waals surface area contributed by atoms with E-state index in [4.69, 9.17) is 9.47 Å². The minimum Gasteiger partial charge on any atom is -0.496 e. The van der Waals surface area contributed by atoms with Crippen LogP contribution >= 0.6 is 0 Å². The summed E-state index contributed by atoms with van der Waals surface area (Å²) >= 11 is 0. The van der Waals surface area contributed by atoms with E-state index in [2.05, 4.69) is 5.32 Å². The molecule has 2 aromatic carbocycles. The van der Waals surface area contributed by atoms with Gasteiger partial charge in [-0.25, -0.2) is 4.79 Å². The Morgan fingerprint density at radius 1 is 1.25 bits per heavy atom. The van der Waals surface area contributed by atoms with Gasteiger partial charge < -0.3 is 19.9 Å². The van der Waals surface area contributed by atoms with Crippen molar-refractivity contribution in [2.45, 2.75) is 13.0 Å². The third kappa shape index (κ3) is 3.17. The number of methoxy groups -OCH3 is 1. The number of hydrogen-bond donors (Lipinski definition) is 2. The summed E-state index contributed by atoms with van der Waals surface area (Å²) in [6.07, 6.45) is 0.802. The van der Waals surface area contributed by atoms with E-state index in [1.54, 1.807) is 24.3 Å². The van der Waals surface area contributed by atoms with Crippen molar-refractivity contribution in [2.75, 3.05) is 13.7 Å². The topological polar surface area (TPSA) is 84.9 Å². The predicted octanol–water partition coefficient (Wildman–Crippen LogP) is 2.26. The van der Waals surface area contributed by atoms with Gasteiger partial charge in [-0.05, 0) is 41.5 Å². The molecule has 6 heteroatoms. The summed E-state index contributed by atoms with van der Waals surface area (Å²) in [4.78, 5) is 23.5. The van der Waals surface area contributed by atoms with E-state index in [1.807, 2.05) is 6.07 Å². The highest BCUT2D eigenvalue weighted by atomic mass is 16.5. The molecule has 1 amide bonds. The van der Waals surface area contributed by atoms with Gasteiger partial charge in [0.15, 0.2) is 0 Å². The lowest BCUT2D eigenvalue weighted by Gasteiger charge is -2.09. The van der Waals surface area contributed by atoms with Gasteiger partial charge in [-0.1, -0.05) is 6.07 Å². The molecule has 3 rings (SSSR count). The summed E-state index contributed by atoms with van der Waals surface area (Å²) in [5.74, 6) is -0.167. The summed E-state index contributed by atoms with van der Waals surface area (Å²) < 4.78 is 10.4. The Bertz CT molecular complexity index is 800. The zero-order valence-electron chi connectivity index (χ0n) is 13.2. The lowest BCUT2D eigenvalue weighted by Crippen LogP contribution is -2.23. The summed E-state index contributed by atoms with van der Waals surface area (Å²) in [6, 6.07) is 10.1. The van der Waals surface area contributed by atoms with Crippen LogP contribution < -0.4 is 14.8 Å². The van der Waals surface area contributed by atoms with E-state index in [-0.39, 0.29) is 23.8 Å². The Balaban J connectivity index is 1.70. The molecular weight excluding hydrogens is 310 g/mol. The maximum atomic E-state index is 12.3. The monoisotopic (exact) mass is 327 g/mol. The molecule has 0 saturated heterocycles. The Morgan fingerprint density at radius 2 is 2.08 bits per heavy atom. The van der Waals surface area contributed by atoms with Gasteiger partial charge in [-0.15, -0.1) is 0 Å². The van der Waals surface area contributed by atoms with E-state index < -0.39 is 5.97 Å². The Labute approximate surface area is 139 Å². The number of fused-ring (bicyclic) bond motifs is 1.